The van der Waals surface area contributed by atoms with Crippen molar-refractivity contribution in [3.63, 3.8) is 0 Å². The lowest BCUT2D eigenvalue weighted by Gasteiger charge is -2.10. The lowest BCUT2D eigenvalue weighted by molar-refractivity contribution is 0.602. The van der Waals surface area contributed by atoms with E-state index < -0.39 is 9.84 Å². The molecule has 0 aliphatic rings. The molecule has 2 aromatic rings. The monoisotopic (exact) mass is 307 g/mol. The molecule has 5 nitrogen and oxygen atoms in total. The molecule has 104 valence electrons. The molecule has 0 radical (unpaired) electrons. The second kappa shape index (κ2) is 5.56. The Morgan fingerprint density at radius 3 is 2.45 bits per heavy atom. The molecule has 0 saturated heterocycles. The number of nitrogens with zero attached hydrogens (tertiary/aromatic N) is 1. The Morgan fingerprint density at radius 1 is 1.25 bits per heavy atom. The lowest BCUT2D eigenvalue weighted by atomic mass is 10.2. The van der Waals surface area contributed by atoms with Crippen LogP contribution in [0, 0.1) is 0 Å². The normalized spacial score (nSPS) is 11.1. The molecule has 0 atom stereocenters. The Kier molecular flexibility index (Phi) is 4.01. The van der Waals surface area contributed by atoms with Gasteiger partial charge in [-0.25, -0.2) is 8.42 Å². The van der Waals surface area contributed by atoms with Crippen molar-refractivity contribution in [3.8, 4) is 0 Å². The van der Waals surface area contributed by atoms with E-state index in [-0.39, 0.29) is 9.88 Å². The van der Waals surface area contributed by atoms with Crippen LogP contribution in [0.1, 0.15) is 5.69 Å². The van der Waals surface area contributed by atoms with Gasteiger partial charge in [0.25, 0.3) is 0 Å². The number of thiocarbonyl (C=S) groups is 1. The van der Waals surface area contributed by atoms with E-state index in [2.05, 4.69) is 10.3 Å². The minimum Gasteiger partial charge on any atom is -0.388 e. The second-order valence-corrected chi connectivity index (χ2v) is 6.64. The van der Waals surface area contributed by atoms with Crippen LogP contribution in [0.15, 0.2) is 47.5 Å². The van der Waals surface area contributed by atoms with Crippen molar-refractivity contribution in [1.29, 1.82) is 0 Å². The number of aromatic nitrogens is 1. The Hall–Kier alpha value is -1.99. The number of hydrogen-bond acceptors (Lipinski definition) is 5. The zero-order chi connectivity index (χ0) is 14.8. The number of rotatable bonds is 4. The fourth-order valence-corrected chi connectivity index (χ4v) is 2.44. The van der Waals surface area contributed by atoms with Crippen LogP contribution < -0.4 is 11.1 Å². The number of benzene rings is 1. The molecule has 0 aliphatic carbocycles. The number of nitrogens with one attached hydrogen (secondary N) is 1. The Balaban J connectivity index is 2.30. The van der Waals surface area contributed by atoms with Crippen molar-refractivity contribution in [2.75, 3.05) is 11.6 Å². The highest BCUT2D eigenvalue weighted by Crippen LogP contribution is 2.20. The summed E-state index contributed by atoms with van der Waals surface area (Å²) in [7, 11) is -3.19. The quantitative estimate of drug-likeness (QED) is 0.839. The second-order valence-electron chi connectivity index (χ2n) is 4.19. The lowest BCUT2D eigenvalue weighted by Crippen LogP contribution is -2.13. The van der Waals surface area contributed by atoms with Gasteiger partial charge < -0.3 is 11.1 Å². The Labute approximate surface area is 122 Å². The molecule has 2 rings (SSSR count). The van der Waals surface area contributed by atoms with Gasteiger partial charge in [0.2, 0.25) is 0 Å². The van der Waals surface area contributed by atoms with Gasteiger partial charge in [0.15, 0.2) is 9.84 Å². The minimum atomic E-state index is -3.19. The molecule has 0 aliphatic heterocycles. The van der Waals surface area contributed by atoms with Crippen molar-refractivity contribution in [2.45, 2.75) is 4.90 Å². The summed E-state index contributed by atoms with van der Waals surface area (Å²) in [5.74, 6) is 0. The largest absolute Gasteiger partial charge is 0.388 e. The summed E-state index contributed by atoms with van der Waals surface area (Å²) in [5.41, 5.74) is 7.49. The summed E-state index contributed by atoms with van der Waals surface area (Å²) in [6, 6.07) is 9.98. The maximum Gasteiger partial charge on any atom is 0.175 e. The average Bonchev–Trinajstić information content (AvgIpc) is 2.38. The van der Waals surface area contributed by atoms with Gasteiger partial charge in [0.1, 0.15) is 10.7 Å². The first kappa shape index (κ1) is 14.4. The third kappa shape index (κ3) is 3.31. The van der Waals surface area contributed by atoms with Crippen molar-refractivity contribution >= 4 is 38.4 Å². The van der Waals surface area contributed by atoms with E-state index in [0.29, 0.717) is 11.4 Å². The Morgan fingerprint density at radius 2 is 1.90 bits per heavy atom. The van der Waals surface area contributed by atoms with Crippen molar-refractivity contribution in [1.82, 2.24) is 4.98 Å². The zero-order valence-corrected chi connectivity index (χ0v) is 12.3. The van der Waals surface area contributed by atoms with Crippen LogP contribution in [-0.2, 0) is 9.84 Å². The highest BCUT2D eigenvalue weighted by Gasteiger charge is 2.08. The van der Waals surface area contributed by atoms with Gasteiger partial charge in [-0.2, -0.15) is 0 Å². The summed E-state index contributed by atoms with van der Waals surface area (Å²) in [6.45, 7) is 0. The molecule has 0 saturated carbocycles. The smallest absolute Gasteiger partial charge is 0.175 e. The van der Waals surface area contributed by atoms with E-state index in [0.717, 1.165) is 5.69 Å². The topological polar surface area (TPSA) is 85.1 Å². The summed E-state index contributed by atoms with van der Waals surface area (Å²) in [4.78, 5) is 4.57. The Bertz CT molecular complexity index is 740. The molecule has 1 heterocycles. The predicted molar refractivity (Wildman–Crippen MR) is 83.0 cm³/mol. The van der Waals surface area contributed by atoms with E-state index in [1.807, 2.05) is 0 Å². The number of hydrogen-bond donors (Lipinski definition) is 2. The van der Waals surface area contributed by atoms with Crippen LogP contribution >= 0.6 is 12.2 Å². The molecule has 0 spiro atoms. The maximum atomic E-state index is 11.4. The summed E-state index contributed by atoms with van der Waals surface area (Å²) >= 11 is 4.93. The van der Waals surface area contributed by atoms with E-state index in [1.165, 1.54) is 18.4 Å². The molecule has 3 N–H and O–H groups in total. The molecule has 1 aromatic heterocycles. The standard InChI is InChI=1S/C13H13N3O2S2/c1-20(17,18)10-6-4-9(5-7-10)16-11-3-2-8-15-12(11)13(14)19/h2-8,16H,1H3,(H2,14,19). The minimum absolute atomic E-state index is 0.195. The highest BCUT2D eigenvalue weighted by atomic mass is 32.2. The van der Waals surface area contributed by atoms with Crippen LogP contribution in [-0.4, -0.2) is 24.6 Å². The van der Waals surface area contributed by atoms with Crippen molar-refractivity contribution in [2.24, 2.45) is 5.73 Å². The van der Waals surface area contributed by atoms with E-state index in [1.54, 1.807) is 30.5 Å². The van der Waals surface area contributed by atoms with Crippen LogP contribution in [0.25, 0.3) is 0 Å². The summed E-state index contributed by atoms with van der Waals surface area (Å²) < 4.78 is 22.8. The highest BCUT2D eigenvalue weighted by molar-refractivity contribution is 7.90. The third-order valence-electron chi connectivity index (χ3n) is 2.60. The molecule has 0 fully saturated rings. The fourth-order valence-electron chi connectivity index (χ4n) is 1.64. The number of anilines is 2. The fraction of sp³-hybridized carbons (Fsp3) is 0.0769. The number of nitrogens with two attached hydrogens (primary N) is 1. The molecule has 0 bridgehead atoms. The van der Waals surface area contributed by atoms with Gasteiger partial charge in [-0.05, 0) is 36.4 Å². The van der Waals surface area contributed by atoms with Crippen molar-refractivity contribution in [3.05, 3.63) is 48.3 Å². The van der Waals surface area contributed by atoms with Gasteiger partial charge >= 0.3 is 0 Å². The molecule has 20 heavy (non-hydrogen) atoms. The zero-order valence-electron chi connectivity index (χ0n) is 10.7. The SMILES string of the molecule is CS(=O)(=O)c1ccc(Nc2cccnc2C(N)=S)cc1. The first-order valence-electron chi connectivity index (χ1n) is 5.70. The number of sulfone groups is 1. The van der Waals surface area contributed by atoms with E-state index in [9.17, 15) is 8.42 Å². The van der Waals surface area contributed by atoms with Crippen LogP contribution in [0.3, 0.4) is 0 Å². The van der Waals surface area contributed by atoms with Crippen LogP contribution in [0.5, 0.6) is 0 Å². The van der Waals surface area contributed by atoms with Gasteiger partial charge in [-0.3, -0.25) is 4.98 Å². The number of pyridine rings is 1. The van der Waals surface area contributed by atoms with Crippen LogP contribution in [0.2, 0.25) is 0 Å². The average molecular weight is 307 g/mol. The van der Waals surface area contributed by atoms with E-state index >= 15 is 0 Å². The molecule has 7 heteroatoms. The molecule has 0 unspecified atom stereocenters. The third-order valence-corrected chi connectivity index (χ3v) is 3.92. The molecular formula is C13H13N3O2S2. The van der Waals surface area contributed by atoms with E-state index in [4.69, 9.17) is 18.0 Å². The molecule has 0 amide bonds. The molecular weight excluding hydrogens is 294 g/mol. The van der Waals surface area contributed by atoms with Gasteiger partial charge in [0, 0.05) is 18.1 Å². The van der Waals surface area contributed by atoms with Crippen LogP contribution in [0.4, 0.5) is 11.4 Å². The van der Waals surface area contributed by atoms with Gasteiger partial charge in [0.05, 0.1) is 10.6 Å². The summed E-state index contributed by atoms with van der Waals surface area (Å²) in [5, 5.41) is 3.11. The predicted octanol–water partition coefficient (Wildman–Crippen LogP) is 1.86. The summed E-state index contributed by atoms with van der Waals surface area (Å²) in [6.07, 6.45) is 2.77. The first-order valence-corrected chi connectivity index (χ1v) is 8.00. The first-order chi connectivity index (χ1) is 9.38. The molecule has 1 aromatic carbocycles. The van der Waals surface area contributed by atoms with Crippen molar-refractivity contribution < 1.29 is 8.42 Å². The van der Waals surface area contributed by atoms with Gasteiger partial charge in [-0.15, -0.1) is 0 Å². The maximum absolute atomic E-state index is 11.4. The van der Waals surface area contributed by atoms with Gasteiger partial charge in [-0.1, -0.05) is 12.2 Å².